The first-order chi connectivity index (χ1) is 5.93. The minimum atomic E-state index is 1.19. The monoisotopic (exact) mass is 272 g/mol. The Kier molecular flexibility index (Phi) is 5.08. The Hall–Kier alpha value is -0.310. The number of rotatable bonds is 3. The molecule has 0 saturated carbocycles. The maximum Gasteiger partial charge on any atom is -0.000156 e. The average molecular weight is 272 g/mol. The lowest BCUT2D eigenvalue weighted by Crippen LogP contribution is -1.81. The van der Waals surface area contributed by atoms with Gasteiger partial charge in [0, 0.05) is 0 Å². The van der Waals surface area contributed by atoms with Gasteiger partial charge in [-0.1, -0.05) is 65.1 Å². The van der Waals surface area contributed by atoms with E-state index in [2.05, 4.69) is 59.0 Å². The number of hydrogen-bond donors (Lipinski definition) is 0. The molecule has 0 aromatic rings. The molecule has 0 amide bonds. The van der Waals surface area contributed by atoms with Crippen molar-refractivity contribution in [3.05, 3.63) is 48.1 Å². The number of hydrogen-bond acceptors (Lipinski definition) is 0. The van der Waals surface area contributed by atoms with Crippen LogP contribution in [0.3, 0.4) is 0 Å². The summed E-state index contributed by atoms with van der Waals surface area (Å²) in [4.78, 5) is 0. The van der Waals surface area contributed by atoms with Crippen LogP contribution < -0.4 is 0 Å². The summed E-state index contributed by atoms with van der Waals surface area (Å²) in [5, 5.41) is 0. The van der Waals surface area contributed by atoms with E-state index in [0.717, 1.165) is 0 Å². The van der Waals surface area contributed by atoms with Gasteiger partial charge in [-0.3, -0.25) is 0 Å². The molecule has 1 aliphatic carbocycles. The zero-order chi connectivity index (χ0) is 8.65. The molecule has 0 aliphatic heterocycles. The molecule has 0 aromatic heterocycles. The van der Waals surface area contributed by atoms with Crippen molar-refractivity contribution >= 4 is 22.6 Å². The topological polar surface area (TPSA) is 0 Å². The summed E-state index contributed by atoms with van der Waals surface area (Å²) in [6.07, 6.45) is 17.2. The summed E-state index contributed by atoms with van der Waals surface area (Å²) < 4.78 is 1.24. The highest BCUT2D eigenvalue weighted by atomic mass is 127. The molecule has 1 rings (SSSR count). The van der Waals surface area contributed by atoms with Gasteiger partial charge < -0.3 is 0 Å². The molecule has 0 spiro atoms. The van der Waals surface area contributed by atoms with E-state index in [1.54, 1.807) is 0 Å². The summed E-state index contributed by atoms with van der Waals surface area (Å²) in [5.41, 5.74) is 1.42. The van der Waals surface area contributed by atoms with Crippen molar-refractivity contribution in [2.24, 2.45) is 0 Å². The maximum atomic E-state index is 2.42. The van der Waals surface area contributed by atoms with Crippen molar-refractivity contribution < 1.29 is 0 Å². The van der Waals surface area contributed by atoms with E-state index in [-0.39, 0.29) is 0 Å². The largest absolute Gasteiger partial charge is 0.0864 e. The van der Waals surface area contributed by atoms with Gasteiger partial charge in [0.05, 0.1) is 0 Å². The van der Waals surface area contributed by atoms with E-state index >= 15 is 0 Å². The van der Waals surface area contributed by atoms with Gasteiger partial charge in [0.25, 0.3) is 0 Å². The van der Waals surface area contributed by atoms with E-state index in [9.17, 15) is 0 Å². The van der Waals surface area contributed by atoms with Crippen molar-refractivity contribution in [1.82, 2.24) is 0 Å². The highest BCUT2D eigenvalue weighted by Gasteiger charge is 1.90. The van der Waals surface area contributed by atoms with Crippen LogP contribution in [-0.2, 0) is 0 Å². The first-order valence-electron chi connectivity index (χ1n) is 4.20. The van der Waals surface area contributed by atoms with Crippen molar-refractivity contribution in [1.29, 1.82) is 0 Å². The predicted octanol–water partition coefficient (Wildman–Crippen LogP) is 3.81. The van der Waals surface area contributed by atoms with Gasteiger partial charge in [0.2, 0.25) is 0 Å². The second-order valence-electron chi connectivity index (χ2n) is 2.66. The fraction of sp³-hybridized carbons (Fsp3) is 0.273. The first kappa shape index (κ1) is 9.78. The molecule has 1 heteroatoms. The number of allylic oxidation sites excluding steroid dienone is 8. The molecule has 1 aliphatic rings. The molecule has 0 bridgehead atoms. The second-order valence-corrected chi connectivity index (χ2v) is 3.74. The molecule has 0 heterocycles. The Morgan fingerprint density at radius 3 is 2.58 bits per heavy atom. The van der Waals surface area contributed by atoms with E-state index in [1.165, 1.54) is 22.8 Å². The SMILES string of the molecule is ICCCC1=C/C=C\C=C/C=C\1. The fourth-order valence-electron chi connectivity index (χ4n) is 1.04. The standard InChI is InChI=1S/C11H13I/c12-10-6-9-11-7-4-2-1-3-5-8-11/h1-5,7-8H,6,9-10H2/b2-1-,3-1?,4-2?,5-3-,7-4-,8-5?,11-7?,11-8+. The van der Waals surface area contributed by atoms with Crippen LogP contribution >= 0.6 is 22.6 Å². The second kappa shape index (κ2) is 6.23. The number of halogens is 1. The minimum Gasteiger partial charge on any atom is -0.0864 e. The zero-order valence-electron chi connectivity index (χ0n) is 7.04. The molecule has 0 fully saturated rings. The van der Waals surface area contributed by atoms with Gasteiger partial charge in [-0.15, -0.1) is 0 Å². The van der Waals surface area contributed by atoms with Crippen LogP contribution in [-0.4, -0.2) is 4.43 Å². The summed E-state index contributed by atoms with van der Waals surface area (Å²) in [6, 6.07) is 0. The molecule has 0 aromatic carbocycles. The summed E-state index contributed by atoms with van der Waals surface area (Å²) in [5.74, 6) is 0. The first-order valence-corrected chi connectivity index (χ1v) is 5.72. The molecule has 0 atom stereocenters. The predicted molar refractivity (Wildman–Crippen MR) is 63.6 cm³/mol. The van der Waals surface area contributed by atoms with Crippen LogP contribution in [0.1, 0.15) is 12.8 Å². The van der Waals surface area contributed by atoms with Gasteiger partial charge in [0.15, 0.2) is 0 Å². The van der Waals surface area contributed by atoms with E-state index in [4.69, 9.17) is 0 Å². The fourth-order valence-corrected chi connectivity index (χ4v) is 1.43. The van der Waals surface area contributed by atoms with Gasteiger partial charge in [-0.2, -0.15) is 0 Å². The molecule has 0 unspecified atom stereocenters. The molecule has 0 N–H and O–H groups in total. The lowest BCUT2D eigenvalue weighted by Gasteiger charge is -1.98. The molecule has 0 radical (unpaired) electrons. The van der Waals surface area contributed by atoms with Gasteiger partial charge in [-0.05, 0) is 22.8 Å². The van der Waals surface area contributed by atoms with Crippen LogP contribution in [0.25, 0.3) is 0 Å². The average Bonchev–Trinajstić information content (AvgIpc) is 2.02. The zero-order valence-corrected chi connectivity index (χ0v) is 9.20. The third-order valence-electron chi connectivity index (χ3n) is 1.66. The maximum absolute atomic E-state index is 2.42. The molecule has 0 saturated heterocycles. The van der Waals surface area contributed by atoms with Gasteiger partial charge in [0.1, 0.15) is 0 Å². The van der Waals surface area contributed by atoms with E-state index < -0.39 is 0 Å². The van der Waals surface area contributed by atoms with Crippen LogP contribution in [0, 0.1) is 0 Å². The molecule has 64 valence electrons. The summed E-state index contributed by atoms with van der Waals surface area (Å²) in [6.45, 7) is 0. The highest BCUT2D eigenvalue weighted by Crippen LogP contribution is 2.10. The van der Waals surface area contributed by atoms with Gasteiger partial charge in [-0.25, -0.2) is 0 Å². The Balaban J connectivity index is 2.50. The quantitative estimate of drug-likeness (QED) is 0.541. The lowest BCUT2D eigenvalue weighted by molar-refractivity contribution is 0.950. The minimum absolute atomic E-state index is 1.19. The summed E-state index contributed by atoms with van der Waals surface area (Å²) in [7, 11) is 0. The Bertz CT molecular complexity index is 231. The van der Waals surface area contributed by atoms with Crippen molar-refractivity contribution in [2.45, 2.75) is 12.8 Å². The van der Waals surface area contributed by atoms with E-state index in [0.29, 0.717) is 0 Å². The summed E-state index contributed by atoms with van der Waals surface area (Å²) >= 11 is 2.42. The number of alkyl halides is 1. The molecule has 0 nitrogen and oxygen atoms in total. The third-order valence-corrected chi connectivity index (χ3v) is 2.43. The lowest BCUT2D eigenvalue weighted by atomic mass is 10.1. The van der Waals surface area contributed by atoms with Crippen LogP contribution in [0.15, 0.2) is 48.1 Å². The van der Waals surface area contributed by atoms with Crippen LogP contribution in [0.5, 0.6) is 0 Å². The molecular weight excluding hydrogens is 259 g/mol. The van der Waals surface area contributed by atoms with Crippen molar-refractivity contribution in [3.8, 4) is 0 Å². The van der Waals surface area contributed by atoms with Crippen LogP contribution in [0.2, 0.25) is 0 Å². The van der Waals surface area contributed by atoms with Gasteiger partial charge >= 0.3 is 0 Å². The Morgan fingerprint density at radius 2 is 1.75 bits per heavy atom. The Labute approximate surface area is 87.9 Å². The molecular formula is C11H13I. The third kappa shape index (κ3) is 3.90. The normalized spacial score (nSPS) is 27.9. The van der Waals surface area contributed by atoms with Crippen molar-refractivity contribution in [3.63, 3.8) is 0 Å². The van der Waals surface area contributed by atoms with Crippen LogP contribution in [0.4, 0.5) is 0 Å². The smallest absolute Gasteiger partial charge is 0.000156 e. The van der Waals surface area contributed by atoms with Crippen molar-refractivity contribution in [2.75, 3.05) is 4.43 Å². The van der Waals surface area contributed by atoms with E-state index in [1.807, 2.05) is 6.08 Å². The Morgan fingerprint density at radius 1 is 1.00 bits per heavy atom. The molecule has 12 heavy (non-hydrogen) atoms. The highest BCUT2D eigenvalue weighted by molar-refractivity contribution is 14.1.